The first-order valence-corrected chi connectivity index (χ1v) is 5.60. The Hall–Kier alpha value is -2.76. The highest BCUT2D eigenvalue weighted by Gasteiger charge is 2.31. The standard InChI is InChI=1S/C13H3ClN4O/c14-6-1-2-7-8(3-6)13(19)12-11(7)17-9(4-15)10(5-16)18-12/h1-3H. The fourth-order valence-corrected chi connectivity index (χ4v) is 2.15. The van der Waals surface area contributed by atoms with Gasteiger partial charge in [-0.15, -0.1) is 0 Å². The van der Waals surface area contributed by atoms with E-state index >= 15 is 0 Å². The maximum Gasteiger partial charge on any atom is 0.214 e. The Kier molecular flexibility index (Phi) is 2.31. The minimum Gasteiger partial charge on any atom is -0.287 e. The summed E-state index contributed by atoms with van der Waals surface area (Å²) in [6, 6.07) is 8.38. The SMILES string of the molecule is N#Cc1nc2c(nc1C#N)-c1ccc(Cl)cc1C2=O. The lowest BCUT2D eigenvalue weighted by Gasteiger charge is -1.99. The number of nitriles is 2. The van der Waals surface area contributed by atoms with E-state index in [2.05, 4.69) is 9.97 Å². The fourth-order valence-electron chi connectivity index (χ4n) is 1.98. The van der Waals surface area contributed by atoms with E-state index in [1.165, 1.54) is 6.07 Å². The van der Waals surface area contributed by atoms with Gasteiger partial charge in [0.05, 0.1) is 0 Å². The summed E-state index contributed by atoms with van der Waals surface area (Å²) in [7, 11) is 0. The predicted molar refractivity (Wildman–Crippen MR) is 65.3 cm³/mol. The van der Waals surface area contributed by atoms with Crippen LogP contribution in [-0.4, -0.2) is 15.8 Å². The number of hydrogen-bond acceptors (Lipinski definition) is 5. The molecule has 0 unspecified atom stereocenters. The van der Waals surface area contributed by atoms with Crippen LogP contribution in [0, 0.1) is 22.7 Å². The topological polar surface area (TPSA) is 90.4 Å². The third kappa shape index (κ3) is 1.50. The van der Waals surface area contributed by atoms with Crippen LogP contribution in [0.15, 0.2) is 18.2 Å². The van der Waals surface area contributed by atoms with Crippen molar-refractivity contribution in [3.05, 3.63) is 45.9 Å². The number of carbonyl (C=O) groups excluding carboxylic acids is 1. The molecule has 19 heavy (non-hydrogen) atoms. The maximum absolute atomic E-state index is 12.2. The summed E-state index contributed by atoms with van der Waals surface area (Å²) < 4.78 is 0. The second kappa shape index (κ2) is 3.88. The quantitative estimate of drug-likeness (QED) is 0.621. The van der Waals surface area contributed by atoms with Crippen LogP contribution < -0.4 is 0 Å². The largest absolute Gasteiger partial charge is 0.287 e. The van der Waals surface area contributed by atoms with Gasteiger partial charge in [-0.2, -0.15) is 10.5 Å². The first-order chi connectivity index (χ1) is 9.15. The Balaban J connectivity index is 2.36. The van der Waals surface area contributed by atoms with Crippen LogP contribution >= 0.6 is 11.6 Å². The number of halogens is 1. The summed E-state index contributed by atoms with van der Waals surface area (Å²) in [4.78, 5) is 20.1. The second-order valence-electron chi connectivity index (χ2n) is 3.86. The van der Waals surface area contributed by atoms with E-state index in [4.69, 9.17) is 22.1 Å². The molecule has 6 heteroatoms. The fraction of sp³-hybridized carbons (Fsp3) is 0. The number of rotatable bonds is 0. The zero-order valence-electron chi connectivity index (χ0n) is 9.31. The monoisotopic (exact) mass is 266 g/mol. The van der Waals surface area contributed by atoms with Crippen molar-refractivity contribution in [1.29, 1.82) is 10.5 Å². The van der Waals surface area contributed by atoms with Crippen molar-refractivity contribution in [3.8, 4) is 23.4 Å². The average molecular weight is 267 g/mol. The van der Waals surface area contributed by atoms with Crippen LogP contribution in [0.25, 0.3) is 11.3 Å². The first-order valence-electron chi connectivity index (χ1n) is 5.22. The number of aromatic nitrogens is 2. The summed E-state index contributed by atoms with van der Waals surface area (Å²) in [6.07, 6.45) is 0. The van der Waals surface area contributed by atoms with Crippen molar-refractivity contribution >= 4 is 17.4 Å². The van der Waals surface area contributed by atoms with E-state index in [1.54, 1.807) is 24.3 Å². The Morgan fingerprint density at radius 1 is 1.00 bits per heavy atom. The molecule has 0 N–H and O–H groups in total. The molecule has 88 valence electrons. The summed E-state index contributed by atoms with van der Waals surface area (Å²) >= 11 is 5.85. The van der Waals surface area contributed by atoms with Gasteiger partial charge in [-0.05, 0) is 12.1 Å². The van der Waals surface area contributed by atoms with Crippen molar-refractivity contribution in [2.24, 2.45) is 0 Å². The summed E-state index contributed by atoms with van der Waals surface area (Å²) in [5, 5.41) is 18.3. The van der Waals surface area contributed by atoms with E-state index in [-0.39, 0.29) is 22.9 Å². The van der Waals surface area contributed by atoms with Crippen LogP contribution in [-0.2, 0) is 0 Å². The molecule has 1 heterocycles. The summed E-state index contributed by atoms with van der Waals surface area (Å²) in [6.45, 7) is 0. The van der Waals surface area contributed by atoms with E-state index < -0.39 is 0 Å². The molecular weight excluding hydrogens is 264 g/mol. The highest BCUT2D eigenvalue weighted by molar-refractivity contribution is 6.32. The number of carbonyl (C=O) groups is 1. The van der Waals surface area contributed by atoms with Gasteiger partial charge in [0.25, 0.3) is 0 Å². The molecule has 0 fully saturated rings. The van der Waals surface area contributed by atoms with Crippen LogP contribution in [0.3, 0.4) is 0 Å². The highest BCUT2D eigenvalue weighted by atomic mass is 35.5. The Morgan fingerprint density at radius 2 is 1.63 bits per heavy atom. The average Bonchev–Trinajstić information content (AvgIpc) is 2.70. The third-order valence-corrected chi connectivity index (χ3v) is 3.04. The van der Waals surface area contributed by atoms with Crippen molar-refractivity contribution in [1.82, 2.24) is 9.97 Å². The lowest BCUT2D eigenvalue weighted by Crippen LogP contribution is -2.04. The maximum atomic E-state index is 12.2. The van der Waals surface area contributed by atoms with Gasteiger partial charge in [0.1, 0.15) is 23.5 Å². The van der Waals surface area contributed by atoms with E-state index in [0.29, 0.717) is 21.8 Å². The van der Waals surface area contributed by atoms with Gasteiger partial charge in [0, 0.05) is 16.1 Å². The van der Waals surface area contributed by atoms with Gasteiger partial charge >= 0.3 is 0 Å². The molecule has 0 saturated carbocycles. The predicted octanol–water partition coefficient (Wildman–Crippen LogP) is 2.08. The number of hydrogen-bond donors (Lipinski definition) is 0. The van der Waals surface area contributed by atoms with Gasteiger partial charge < -0.3 is 0 Å². The molecule has 1 aliphatic carbocycles. The molecular formula is C13H3ClN4O. The minimum atomic E-state index is -0.332. The van der Waals surface area contributed by atoms with Crippen LogP contribution in [0.5, 0.6) is 0 Å². The molecule has 0 spiro atoms. The Morgan fingerprint density at radius 3 is 2.26 bits per heavy atom. The summed E-state index contributed by atoms with van der Waals surface area (Å²) in [5.74, 6) is -0.332. The van der Waals surface area contributed by atoms with Gasteiger partial charge in [-0.3, -0.25) is 4.79 Å². The van der Waals surface area contributed by atoms with Crippen molar-refractivity contribution in [2.45, 2.75) is 0 Å². The lowest BCUT2D eigenvalue weighted by atomic mass is 10.1. The molecule has 5 nitrogen and oxygen atoms in total. The van der Waals surface area contributed by atoms with Crippen LogP contribution in [0.2, 0.25) is 5.02 Å². The molecule has 1 aliphatic rings. The van der Waals surface area contributed by atoms with Crippen molar-refractivity contribution in [3.63, 3.8) is 0 Å². The number of fused-ring (bicyclic) bond motifs is 3. The van der Waals surface area contributed by atoms with Crippen LogP contribution in [0.1, 0.15) is 27.4 Å². The van der Waals surface area contributed by atoms with E-state index in [1.807, 2.05) is 0 Å². The van der Waals surface area contributed by atoms with E-state index in [9.17, 15) is 4.79 Å². The van der Waals surface area contributed by atoms with E-state index in [0.717, 1.165) is 0 Å². The Bertz CT molecular complexity index is 830. The molecule has 3 rings (SSSR count). The third-order valence-electron chi connectivity index (χ3n) is 2.80. The molecule has 0 saturated heterocycles. The van der Waals surface area contributed by atoms with Crippen LogP contribution in [0.4, 0.5) is 0 Å². The minimum absolute atomic E-state index is 0.0862. The molecule has 1 aromatic carbocycles. The van der Waals surface area contributed by atoms with Gasteiger partial charge in [0.15, 0.2) is 11.4 Å². The molecule has 1 aromatic heterocycles. The summed E-state index contributed by atoms with van der Waals surface area (Å²) in [5.41, 5.74) is 1.16. The normalized spacial score (nSPS) is 11.4. The molecule has 0 bridgehead atoms. The number of ketones is 1. The number of nitrogens with zero attached hydrogens (tertiary/aromatic N) is 4. The zero-order valence-corrected chi connectivity index (χ0v) is 10.1. The molecule has 0 aliphatic heterocycles. The highest BCUT2D eigenvalue weighted by Crippen LogP contribution is 2.35. The first kappa shape index (κ1) is 11.3. The van der Waals surface area contributed by atoms with Gasteiger partial charge in [-0.25, -0.2) is 9.97 Å². The number of benzene rings is 1. The molecule has 0 amide bonds. The molecule has 0 radical (unpaired) electrons. The lowest BCUT2D eigenvalue weighted by molar-refractivity contribution is 0.103. The Labute approximate surface area is 112 Å². The second-order valence-corrected chi connectivity index (χ2v) is 4.30. The van der Waals surface area contributed by atoms with Crippen molar-refractivity contribution in [2.75, 3.05) is 0 Å². The molecule has 0 atom stereocenters. The van der Waals surface area contributed by atoms with Crippen molar-refractivity contribution < 1.29 is 4.79 Å². The molecule has 2 aromatic rings. The zero-order chi connectivity index (χ0) is 13.6. The smallest absolute Gasteiger partial charge is 0.214 e. The van der Waals surface area contributed by atoms with Gasteiger partial charge in [0.2, 0.25) is 5.78 Å². The van der Waals surface area contributed by atoms with Gasteiger partial charge in [-0.1, -0.05) is 17.7 Å².